The van der Waals surface area contributed by atoms with Crippen molar-refractivity contribution in [3.63, 3.8) is 0 Å². The van der Waals surface area contributed by atoms with Gasteiger partial charge < -0.3 is 38.2 Å². The third-order valence-electron chi connectivity index (χ3n) is 17.4. The highest BCUT2D eigenvalue weighted by Gasteiger charge is 2.46. The van der Waals surface area contributed by atoms with Gasteiger partial charge in [-0.15, -0.1) is 0 Å². The Labute approximate surface area is 568 Å². The summed E-state index contributed by atoms with van der Waals surface area (Å²) in [5.74, 6) is -11.4. The lowest BCUT2D eigenvalue weighted by molar-refractivity contribution is -0.135. The second-order valence-corrected chi connectivity index (χ2v) is 31.2. The Balaban J connectivity index is 1.32. The van der Waals surface area contributed by atoms with Gasteiger partial charge in [0.05, 0.1) is 61.8 Å². The number of hydrogen-bond donors (Lipinski definition) is 5. The molecule has 0 bridgehead atoms. The smallest absolute Gasteiger partial charge is 0.311 e. The number of unbranched alkanes of at least 4 members (excludes halogenated alkanes) is 2. The molecule has 2 aliphatic rings. The second-order valence-electron chi connectivity index (χ2n) is 24.0. The fourth-order valence-corrected chi connectivity index (χ4v) is 16.0. The van der Waals surface area contributed by atoms with Gasteiger partial charge in [0.2, 0.25) is 17.4 Å². The lowest BCUT2D eigenvalue weighted by atomic mass is 9.66. The van der Waals surface area contributed by atoms with Crippen molar-refractivity contribution in [3.05, 3.63) is 137 Å². The number of anilines is 2. The first-order valence-electron chi connectivity index (χ1n) is 31.1. The molecule has 0 fully saturated rings. The monoisotopic (exact) mass is 1480 g/mol. The Morgan fingerprint density at radius 3 is 1.65 bits per heavy atom. The number of hydrogen-bond acceptors (Lipinski definition) is 19. The Morgan fingerprint density at radius 2 is 1.11 bits per heavy atom. The Bertz CT molecular complexity index is 4430. The summed E-state index contributed by atoms with van der Waals surface area (Å²) in [5, 5.41) is -0.203. The van der Waals surface area contributed by atoms with Crippen molar-refractivity contribution in [2.24, 2.45) is 5.92 Å². The number of carbonyl (C=O) groups is 1. The normalized spacial score (nSPS) is 19.3. The zero-order chi connectivity index (χ0) is 72.2. The second kappa shape index (κ2) is 33.5. The maximum atomic E-state index is 14.4. The number of fused-ring (bicyclic) bond motifs is 6. The summed E-state index contributed by atoms with van der Waals surface area (Å²) < 4.78 is 269. The lowest BCUT2D eigenvalue weighted by Crippen LogP contribution is -2.38. The van der Waals surface area contributed by atoms with E-state index in [0.29, 0.717) is 72.8 Å². The van der Waals surface area contributed by atoms with E-state index in [2.05, 4.69) is 0 Å². The van der Waals surface area contributed by atoms with Crippen LogP contribution in [0.15, 0.2) is 122 Å². The van der Waals surface area contributed by atoms with Crippen molar-refractivity contribution in [3.8, 4) is 5.75 Å². The van der Waals surface area contributed by atoms with E-state index >= 15 is 0 Å². The van der Waals surface area contributed by atoms with E-state index in [1.54, 1.807) is 62.4 Å². The SMILES string of the molecule is CCCC1CC(/C=C/C=C/C=C/C=C2/N(CCCCCC(=O)Oc3c(F)c(F)cc(F)c3F)c3ccc4c(S(=O)(=O)O)cc(S(=O)(=O)O)cc4c3C2(C)CCOCCOCCOCCOC)C(C)(CCCS(=O)(=O)O)c2c(ccc3c(S(=O)(=O)O)cc(S(=O)(=O)O)cc23)N1CCOC. The summed E-state index contributed by atoms with van der Waals surface area (Å²) in [6.07, 6.45) is 13.6. The molecule has 0 radical (unpaired) electrons. The average molecular weight is 1480 g/mol. The Hall–Kier alpha value is -6.28. The fourth-order valence-electron chi connectivity index (χ4n) is 12.8. The van der Waals surface area contributed by atoms with Crippen molar-refractivity contribution in [2.45, 2.75) is 121 Å². The number of ether oxygens (including phenoxy) is 6. The molecule has 5 N–H and O–H groups in total. The minimum atomic E-state index is -5.18. The molecule has 0 saturated heterocycles. The molecule has 5 aromatic rings. The van der Waals surface area contributed by atoms with Crippen LogP contribution in [0.2, 0.25) is 0 Å². The van der Waals surface area contributed by atoms with Crippen LogP contribution in [0.3, 0.4) is 0 Å². The number of esters is 1. The number of nitrogens with zero attached hydrogens (tertiary/aromatic N) is 2. The van der Waals surface area contributed by atoms with E-state index in [-0.39, 0.29) is 125 Å². The van der Waals surface area contributed by atoms with E-state index in [1.807, 2.05) is 22.8 Å². The average Bonchev–Trinajstić information content (AvgIpc) is 1.48. The van der Waals surface area contributed by atoms with E-state index in [0.717, 1.165) is 12.1 Å². The highest BCUT2D eigenvalue weighted by Crippen LogP contribution is 2.55. The summed E-state index contributed by atoms with van der Waals surface area (Å²) in [5.41, 5.74) is -0.381. The molecular formula is C65H80F4N2O22S5. The van der Waals surface area contributed by atoms with Crippen LogP contribution in [0.1, 0.15) is 96.1 Å². The molecule has 5 aromatic carbocycles. The molecule has 0 aromatic heterocycles. The molecule has 2 aliphatic heterocycles. The first-order valence-corrected chi connectivity index (χ1v) is 38.5. The van der Waals surface area contributed by atoms with Gasteiger partial charge in [-0.3, -0.25) is 27.6 Å². The number of benzene rings is 5. The fraction of sp³-hybridized carbons (Fsp3) is 0.462. The van der Waals surface area contributed by atoms with Crippen LogP contribution in [-0.4, -0.2) is 163 Å². The number of carbonyl (C=O) groups excluding carboxylic acids is 1. The van der Waals surface area contributed by atoms with Crippen LogP contribution in [0, 0.1) is 29.2 Å². The van der Waals surface area contributed by atoms with Crippen LogP contribution in [0.5, 0.6) is 5.75 Å². The van der Waals surface area contributed by atoms with E-state index in [9.17, 15) is 87.2 Å². The summed E-state index contributed by atoms with van der Waals surface area (Å²) in [7, 11) is -22.1. The zero-order valence-corrected chi connectivity index (χ0v) is 58.4. The van der Waals surface area contributed by atoms with Crippen molar-refractivity contribution < 1.29 is 116 Å². The summed E-state index contributed by atoms with van der Waals surface area (Å²) in [4.78, 5) is 13.3. The highest BCUT2D eigenvalue weighted by molar-refractivity contribution is 7.87. The predicted molar refractivity (Wildman–Crippen MR) is 356 cm³/mol. The molecular weight excluding hydrogens is 1400 g/mol. The van der Waals surface area contributed by atoms with Crippen LogP contribution in [-0.2, 0) is 89.9 Å². The van der Waals surface area contributed by atoms with E-state index < -0.39 is 134 Å². The van der Waals surface area contributed by atoms with Crippen LogP contribution in [0.4, 0.5) is 28.9 Å². The van der Waals surface area contributed by atoms with Crippen molar-refractivity contribution in [2.75, 3.05) is 95.7 Å². The van der Waals surface area contributed by atoms with Crippen molar-refractivity contribution >= 4 is 89.5 Å². The minimum Gasteiger partial charge on any atom is -0.420 e. The van der Waals surface area contributed by atoms with Gasteiger partial charge in [0.15, 0.2) is 11.6 Å². The first kappa shape index (κ1) is 79.1. The largest absolute Gasteiger partial charge is 0.420 e. The van der Waals surface area contributed by atoms with Gasteiger partial charge >= 0.3 is 5.97 Å². The first-order chi connectivity index (χ1) is 46.0. The Kier molecular flexibility index (Phi) is 27.0. The molecule has 540 valence electrons. The summed E-state index contributed by atoms with van der Waals surface area (Å²) in [6, 6.07) is 9.09. The van der Waals surface area contributed by atoms with Gasteiger partial charge in [0.1, 0.15) is 9.79 Å². The molecule has 4 atom stereocenters. The van der Waals surface area contributed by atoms with E-state index in [1.165, 1.54) is 26.4 Å². The molecule has 0 amide bonds. The molecule has 33 heteroatoms. The van der Waals surface area contributed by atoms with E-state index in [4.69, 9.17) is 28.4 Å². The molecule has 24 nitrogen and oxygen atoms in total. The molecule has 0 spiro atoms. The van der Waals surface area contributed by atoms with Gasteiger partial charge in [0, 0.05) is 91.1 Å². The van der Waals surface area contributed by atoms with Gasteiger partial charge in [-0.05, 0) is 122 Å². The maximum absolute atomic E-state index is 14.4. The third kappa shape index (κ3) is 19.4. The summed E-state index contributed by atoms with van der Waals surface area (Å²) in [6.45, 7) is 7.65. The van der Waals surface area contributed by atoms with Crippen LogP contribution >= 0.6 is 0 Å². The van der Waals surface area contributed by atoms with Gasteiger partial charge in [-0.25, -0.2) is 8.78 Å². The van der Waals surface area contributed by atoms with Crippen molar-refractivity contribution in [1.82, 2.24) is 0 Å². The molecule has 0 aliphatic carbocycles. The maximum Gasteiger partial charge on any atom is 0.311 e. The molecule has 98 heavy (non-hydrogen) atoms. The molecule has 2 heterocycles. The zero-order valence-electron chi connectivity index (χ0n) is 54.4. The molecule has 4 unspecified atom stereocenters. The summed E-state index contributed by atoms with van der Waals surface area (Å²) >= 11 is 0. The van der Waals surface area contributed by atoms with Gasteiger partial charge in [-0.1, -0.05) is 75.3 Å². The van der Waals surface area contributed by atoms with Crippen LogP contribution in [0.25, 0.3) is 21.5 Å². The standard InChI is InChI=1S/C65H80F4N2O22S5/c1-6-16-44-37-43(64(2,24-15-36-94(73,74)75)59-49-38-45(95(76,77)78)40-55(97(82,83)84)47(49)20-22-53(59)70(44)27-29-88-4)17-11-8-7-9-12-18-57-65(3,25-28-90-32-33-92-35-34-91-31-30-89-5)60-50-39-46(96(79,80)81)41-56(98(85,86)87)48(50)21-23-54(60)71(57)26-14-10-13-19-58(72)93-63-61(68)51(66)42-52(67)62(63)69/h7-9,11-12,17-18,20-23,38-44H,6,10,13-16,19,24-37H2,1-5H3,(H,73,74,75)(H,76,77,78)(H,79,80,81)(H,82,83,84)(H,85,86,87)/b8-7+,12-9+,17-11+,57-18+. The quantitative estimate of drug-likeness (QED) is 0.00473. The number of methoxy groups -OCH3 is 2. The highest BCUT2D eigenvalue weighted by atomic mass is 32.2. The third-order valence-corrected chi connectivity index (χ3v) is 21.6. The van der Waals surface area contributed by atoms with Gasteiger partial charge in [-0.2, -0.15) is 50.9 Å². The number of rotatable bonds is 36. The van der Waals surface area contributed by atoms with Crippen LogP contribution < -0.4 is 14.5 Å². The van der Waals surface area contributed by atoms with Crippen molar-refractivity contribution in [1.29, 1.82) is 0 Å². The number of allylic oxidation sites excluding steroid dienone is 8. The minimum absolute atomic E-state index is 0.00162. The topological polar surface area (TPSA) is 351 Å². The Morgan fingerprint density at radius 1 is 0.582 bits per heavy atom. The molecule has 7 rings (SSSR count). The van der Waals surface area contributed by atoms with Gasteiger partial charge in [0.25, 0.3) is 50.6 Å². The predicted octanol–water partition coefficient (Wildman–Crippen LogP) is 10.7. The lowest BCUT2D eigenvalue weighted by Gasteiger charge is -2.38. The molecule has 0 saturated carbocycles. The number of halogens is 4.